The molecule has 0 amide bonds. The quantitative estimate of drug-likeness (QED) is 0.881. The maximum Gasteiger partial charge on any atom is 0.149 e. The summed E-state index contributed by atoms with van der Waals surface area (Å²) in [7, 11) is 3.57. The van der Waals surface area contributed by atoms with Gasteiger partial charge in [-0.2, -0.15) is 5.10 Å². The standard InChI is InChI=1S/C13H17N3O/c1-4-9-12(16(2)15-13(9)14)10-7-5-6-8-11(10)17-3/h5-8H,4H2,1-3H3,(H2,14,15). The first kappa shape index (κ1) is 11.5. The molecule has 17 heavy (non-hydrogen) atoms. The number of ether oxygens (including phenoxy) is 1. The van der Waals surface area contributed by atoms with Crippen LogP contribution in [-0.4, -0.2) is 16.9 Å². The van der Waals surface area contributed by atoms with Gasteiger partial charge in [0.2, 0.25) is 0 Å². The van der Waals surface area contributed by atoms with Gasteiger partial charge in [-0.15, -0.1) is 0 Å². The van der Waals surface area contributed by atoms with Crippen LogP contribution in [0.3, 0.4) is 0 Å². The van der Waals surface area contributed by atoms with Crippen molar-refractivity contribution in [3.8, 4) is 17.0 Å². The SMILES string of the molecule is CCc1c(N)nn(C)c1-c1ccccc1OC. The third-order valence-electron chi connectivity index (χ3n) is 2.89. The van der Waals surface area contributed by atoms with E-state index in [0.29, 0.717) is 5.82 Å². The monoisotopic (exact) mass is 231 g/mol. The molecule has 1 aromatic carbocycles. The van der Waals surface area contributed by atoms with Crippen LogP contribution in [0.25, 0.3) is 11.3 Å². The van der Waals surface area contributed by atoms with Gasteiger partial charge in [-0.3, -0.25) is 4.68 Å². The zero-order chi connectivity index (χ0) is 12.4. The summed E-state index contributed by atoms with van der Waals surface area (Å²) in [5.41, 5.74) is 9.03. The fraction of sp³-hybridized carbons (Fsp3) is 0.308. The molecule has 0 unspecified atom stereocenters. The molecular formula is C13H17N3O. The number of para-hydroxylation sites is 1. The van der Waals surface area contributed by atoms with Crippen LogP contribution in [0.15, 0.2) is 24.3 Å². The van der Waals surface area contributed by atoms with E-state index in [1.54, 1.807) is 7.11 Å². The molecule has 0 aliphatic heterocycles. The number of methoxy groups -OCH3 is 1. The predicted octanol–water partition coefficient (Wildman–Crippen LogP) is 2.24. The number of anilines is 1. The summed E-state index contributed by atoms with van der Waals surface area (Å²) >= 11 is 0. The molecule has 4 nitrogen and oxygen atoms in total. The van der Waals surface area contributed by atoms with Crippen molar-refractivity contribution in [3.05, 3.63) is 29.8 Å². The van der Waals surface area contributed by atoms with Gasteiger partial charge in [-0.1, -0.05) is 19.1 Å². The number of nitrogens with zero attached hydrogens (tertiary/aromatic N) is 2. The lowest BCUT2D eigenvalue weighted by atomic mass is 10.0. The number of hydrogen-bond donors (Lipinski definition) is 1. The summed E-state index contributed by atoms with van der Waals surface area (Å²) in [6.45, 7) is 2.08. The first-order valence-corrected chi connectivity index (χ1v) is 5.63. The molecule has 0 spiro atoms. The van der Waals surface area contributed by atoms with Gasteiger partial charge in [-0.25, -0.2) is 0 Å². The van der Waals surface area contributed by atoms with Gasteiger partial charge in [0, 0.05) is 18.2 Å². The molecule has 0 aliphatic rings. The van der Waals surface area contributed by atoms with Crippen LogP contribution >= 0.6 is 0 Å². The lowest BCUT2D eigenvalue weighted by Gasteiger charge is -2.10. The molecule has 2 N–H and O–H groups in total. The van der Waals surface area contributed by atoms with E-state index in [2.05, 4.69) is 12.0 Å². The predicted molar refractivity (Wildman–Crippen MR) is 69.0 cm³/mol. The minimum Gasteiger partial charge on any atom is -0.496 e. The molecule has 0 fully saturated rings. The van der Waals surface area contributed by atoms with Crippen molar-refractivity contribution in [3.63, 3.8) is 0 Å². The summed E-state index contributed by atoms with van der Waals surface area (Å²) in [4.78, 5) is 0. The van der Waals surface area contributed by atoms with Crippen molar-refractivity contribution in [2.45, 2.75) is 13.3 Å². The van der Waals surface area contributed by atoms with Crippen LogP contribution < -0.4 is 10.5 Å². The zero-order valence-corrected chi connectivity index (χ0v) is 10.4. The maximum atomic E-state index is 5.91. The van der Waals surface area contributed by atoms with E-state index < -0.39 is 0 Å². The molecule has 90 valence electrons. The van der Waals surface area contributed by atoms with E-state index in [9.17, 15) is 0 Å². The number of aryl methyl sites for hydroxylation is 1. The zero-order valence-electron chi connectivity index (χ0n) is 10.4. The van der Waals surface area contributed by atoms with Crippen LogP contribution in [0, 0.1) is 0 Å². The van der Waals surface area contributed by atoms with Crippen molar-refractivity contribution < 1.29 is 4.74 Å². The van der Waals surface area contributed by atoms with Gasteiger partial charge in [0.1, 0.15) is 11.6 Å². The molecule has 2 rings (SSSR count). The second-order valence-corrected chi connectivity index (χ2v) is 3.89. The van der Waals surface area contributed by atoms with Crippen molar-refractivity contribution >= 4 is 5.82 Å². The highest BCUT2D eigenvalue weighted by Gasteiger charge is 2.16. The summed E-state index contributed by atoms with van der Waals surface area (Å²) in [5, 5.41) is 4.27. The summed E-state index contributed by atoms with van der Waals surface area (Å²) in [6.07, 6.45) is 0.854. The van der Waals surface area contributed by atoms with Crippen molar-refractivity contribution in [2.24, 2.45) is 7.05 Å². The fourth-order valence-corrected chi connectivity index (χ4v) is 2.11. The van der Waals surface area contributed by atoms with E-state index in [-0.39, 0.29) is 0 Å². The van der Waals surface area contributed by atoms with Crippen LogP contribution in [0.4, 0.5) is 5.82 Å². The average molecular weight is 231 g/mol. The van der Waals surface area contributed by atoms with Gasteiger partial charge in [0.05, 0.1) is 12.8 Å². The normalized spacial score (nSPS) is 10.5. The Bertz CT molecular complexity index is 531. The molecule has 0 bridgehead atoms. The van der Waals surface area contributed by atoms with Crippen LogP contribution in [0.2, 0.25) is 0 Å². The van der Waals surface area contributed by atoms with Crippen molar-refractivity contribution in [2.75, 3.05) is 12.8 Å². The molecule has 0 atom stereocenters. The molecule has 4 heteroatoms. The second kappa shape index (κ2) is 4.49. The topological polar surface area (TPSA) is 53.1 Å². The Morgan fingerprint density at radius 1 is 1.35 bits per heavy atom. The second-order valence-electron chi connectivity index (χ2n) is 3.89. The Kier molecular flexibility index (Phi) is 3.04. The summed E-state index contributed by atoms with van der Waals surface area (Å²) < 4.78 is 7.19. The highest BCUT2D eigenvalue weighted by atomic mass is 16.5. The summed E-state index contributed by atoms with van der Waals surface area (Å²) in [5.74, 6) is 1.43. The molecule has 1 heterocycles. The lowest BCUT2D eigenvalue weighted by Crippen LogP contribution is -1.97. The third-order valence-corrected chi connectivity index (χ3v) is 2.89. The first-order valence-electron chi connectivity index (χ1n) is 5.63. The fourth-order valence-electron chi connectivity index (χ4n) is 2.11. The minimum atomic E-state index is 0.593. The van der Waals surface area contributed by atoms with Crippen LogP contribution in [0.1, 0.15) is 12.5 Å². The van der Waals surface area contributed by atoms with Gasteiger partial charge in [0.15, 0.2) is 0 Å². The van der Waals surface area contributed by atoms with Crippen molar-refractivity contribution in [1.29, 1.82) is 0 Å². The highest BCUT2D eigenvalue weighted by molar-refractivity contribution is 5.73. The number of nitrogen functional groups attached to an aromatic ring is 1. The lowest BCUT2D eigenvalue weighted by molar-refractivity contribution is 0.416. The largest absolute Gasteiger partial charge is 0.496 e. The molecule has 1 aromatic heterocycles. The molecule has 0 saturated heterocycles. The Balaban J connectivity index is 2.67. The summed E-state index contributed by atoms with van der Waals surface area (Å²) in [6, 6.07) is 7.90. The van der Waals surface area contributed by atoms with E-state index in [1.807, 2.05) is 36.0 Å². The molecular weight excluding hydrogens is 214 g/mol. The molecule has 0 aliphatic carbocycles. The Morgan fingerprint density at radius 3 is 2.71 bits per heavy atom. The molecule has 0 saturated carbocycles. The van der Waals surface area contributed by atoms with Gasteiger partial charge in [-0.05, 0) is 18.6 Å². The number of hydrogen-bond acceptors (Lipinski definition) is 3. The van der Waals surface area contributed by atoms with E-state index in [0.717, 1.165) is 29.0 Å². The number of nitrogens with two attached hydrogens (primary N) is 1. The number of benzene rings is 1. The van der Waals surface area contributed by atoms with Gasteiger partial charge in [0.25, 0.3) is 0 Å². The third kappa shape index (κ3) is 1.86. The number of rotatable bonds is 3. The molecule has 2 aromatic rings. The van der Waals surface area contributed by atoms with Crippen molar-refractivity contribution in [1.82, 2.24) is 9.78 Å². The Morgan fingerprint density at radius 2 is 2.06 bits per heavy atom. The van der Waals surface area contributed by atoms with Gasteiger partial charge < -0.3 is 10.5 Å². The Labute approximate surface area is 101 Å². The highest BCUT2D eigenvalue weighted by Crippen LogP contribution is 2.34. The Hall–Kier alpha value is -1.97. The van der Waals surface area contributed by atoms with Crippen LogP contribution in [-0.2, 0) is 13.5 Å². The minimum absolute atomic E-state index is 0.593. The average Bonchev–Trinajstić information content (AvgIpc) is 2.63. The van der Waals surface area contributed by atoms with E-state index >= 15 is 0 Å². The van der Waals surface area contributed by atoms with Gasteiger partial charge >= 0.3 is 0 Å². The van der Waals surface area contributed by atoms with Crippen LogP contribution in [0.5, 0.6) is 5.75 Å². The first-order chi connectivity index (χ1) is 8.19. The smallest absolute Gasteiger partial charge is 0.149 e. The number of aromatic nitrogens is 2. The molecule has 0 radical (unpaired) electrons. The maximum absolute atomic E-state index is 5.91. The van der Waals surface area contributed by atoms with E-state index in [4.69, 9.17) is 10.5 Å². The van der Waals surface area contributed by atoms with E-state index in [1.165, 1.54) is 0 Å².